The second-order valence-electron chi connectivity index (χ2n) is 5.13. The summed E-state index contributed by atoms with van der Waals surface area (Å²) in [7, 11) is 2.25. The van der Waals surface area contributed by atoms with Gasteiger partial charge in [0.15, 0.2) is 0 Å². The van der Waals surface area contributed by atoms with Crippen LogP contribution in [-0.2, 0) is 0 Å². The highest BCUT2D eigenvalue weighted by atomic mass is 15.2. The highest BCUT2D eigenvalue weighted by Gasteiger charge is 2.32. The Bertz CT molecular complexity index is 165. The zero-order valence-corrected chi connectivity index (χ0v) is 9.72. The lowest BCUT2D eigenvalue weighted by Gasteiger charge is -2.45. The summed E-state index contributed by atoms with van der Waals surface area (Å²) < 4.78 is 0. The molecule has 2 unspecified atom stereocenters. The second-order valence-corrected chi connectivity index (χ2v) is 5.13. The molecule has 0 amide bonds. The van der Waals surface area contributed by atoms with Crippen LogP contribution in [0.5, 0.6) is 0 Å². The summed E-state index contributed by atoms with van der Waals surface area (Å²) in [6, 6.07) is 0.720. The third-order valence-electron chi connectivity index (χ3n) is 3.30. The molecule has 1 aliphatic heterocycles. The molecule has 2 atom stereocenters. The molecule has 0 saturated carbocycles. The Kier molecular flexibility index (Phi) is 3.36. The van der Waals surface area contributed by atoms with Crippen LogP contribution in [0.15, 0.2) is 0 Å². The zero-order valence-electron chi connectivity index (χ0n) is 9.72. The lowest BCUT2D eigenvalue weighted by atomic mass is 9.91. The van der Waals surface area contributed by atoms with Crippen molar-refractivity contribution in [1.29, 1.82) is 0 Å². The standard InChI is InChI=1S/C11H24N2/c1-6-9(2)10-7-12-11(3,4)8-13(10)5/h9-10,12H,6-8H2,1-5H3. The molecule has 1 aliphatic rings. The van der Waals surface area contributed by atoms with Crippen molar-refractivity contribution < 1.29 is 0 Å². The fourth-order valence-electron chi connectivity index (χ4n) is 2.24. The van der Waals surface area contributed by atoms with Crippen molar-refractivity contribution in [3.8, 4) is 0 Å². The Morgan fingerprint density at radius 3 is 2.62 bits per heavy atom. The number of hydrogen-bond acceptors (Lipinski definition) is 2. The van der Waals surface area contributed by atoms with E-state index in [1.165, 1.54) is 6.42 Å². The minimum atomic E-state index is 0.290. The summed E-state index contributed by atoms with van der Waals surface area (Å²) in [6.07, 6.45) is 1.27. The van der Waals surface area contributed by atoms with Crippen LogP contribution in [0.1, 0.15) is 34.1 Å². The van der Waals surface area contributed by atoms with E-state index < -0.39 is 0 Å². The van der Waals surface area contributed by atoms with Crippen LogP contribution >= 0.6 is 0 Å². The predicted octanol–water partition coefficient (Wildman–Crippen LogP) is 1.71. The van der Waals surface area contributed by atoms with Crippen LogP contribution in [0, 0.1) is 5.92 Å². The van der Waals surface area contributed by atoms with Gasteiger partial charge in [-0.15, -0.1) is 0 Å². The van der Waals surface area contributed by atoms with Crippen molar-refractivity contribution in [3.63, 3.8) is 0 Å². The molecule has 78 valence electrons. The van der Waals surface area contributed by atoms with Crippen LogP contribution in [0.3, 0.4) is 0 Å². The molecule has 1 heterocycles. The first-order valence-electron chi connectivity index (χ1n) is 5.41. The maximum atomic E-state index is 3.61. The molecule has 0 radical (unpaired) electrons. The number of nitrogens with one attached hydrogen (secondary N) is 1. The van der Waals surface area contributed by atoms with E-state index in [0.717, 1.165) is 25.0 Å². The Labute approximate surface area is 82.7 Å². The fraction of sp³-hybridized carbons (Fsp3) is 1.00. The van der Waals surface area contributed by atoms with E-state index in [9.17, 15) is 0 Å². The number of likely N-dealkylation sites (N-methyl/N-ethyl adjacent to an activating group) is 1. The highest BCUT2D eigenvalue weighted by molar-refractivity contribution is 4.92. The number of piperazine rings is 1. The summed E-state index contributed by atoms with van der Waals surface area (Å²) in [6.45, 7) is 11.5. The minimum Gasteiger partial charge on any atom is -0.309 e. The van der Waals surface area contributed by atoms with E-state index in [1.807, 2.05) is 0 Å². The van der Waals surface area contributed by atoms with Crippen LogP contribution in [-0.4, -0.2) is 36.6 Å². The molecule has 0 aromatic rings. The summed E-state index contributed by atoms with van der Waals surface area (Å²) in [5, 5.41) is 3.61. The Morgan fingerprint density at radius 1 is 1.54 bits per heavy atom. The van der Waals surface area contributed by atoms with E-state index in [4.69, 9.17) is 0 Å². The maximum absolute atomic E-state index is 3.61. The van der Waals surface area contributed by atoms with Gasteiger partial charge >= 0.3 is 0 Å². The summed E-state index contributed by atoms with van der Waals surface area (Å²) in [5.74, 6) is 0.800. The normalized spacial score (nSPS) is 31.6. The lowest BCUT2D eigenvalue weighted by molar-refractivity contribution is 0.0881. The van der Waals surface area contributed by atoms with Crippen LogP contribution in [0.2, 0.25) is 0 Å². The van der Waals surface area contributed by atoms with Gasteiger partial charge in [0.2, 0.25) is 0 Å². The minimum absolute atomic E-state index is 0.290. The van der Waals surface area contributed by atoms with Gasteiger partial charge in [0, 0.05) is 24.7 Å². The van der Waals surface area contributed by atoms with Crippen LogP contribution < -0.4 is 5.32 Å². The van der Waals surface area contributed by atoms with Crippen molar-refractivity contribution in [2.75, 3.05) is 20.1 Å². The fourth-order valence-corrected chi connectivity index (χ4v) is 2.24. The molecule has 2 nitrogen and oxygen atoms in total. The van der Waals surface area contributed by atoms with Gasteiger partial charge in [-0.05, 0) is 26.8 Å². The summed E-state index contributed by atoms with van der Waals surface area (Å²) in [5.41, 5.74) is 0.290. The van der Waals surface area contributed by atoms with Crippen molar-refractivity contribution in [3.05, 3.63) is 0 Å². The van der Waals surface area contributed by atoms with Gasteiger partial charge in [-0.3, -0.25) is 0 Å². The molecular weight excluding hydrogens is 160 g/mol. The van der Waals surface area contributed by atoms with Crippen molar-refractivity contribution in [2.24, 2.45) is 5.92 Å². The van der Waals surface area contributed by atoms with E-state index >= 15 is 0 Å². The molecular formula is C11H24N2. The van der Waals surface area contributed by atoms with E-state index in [2.05, 4.69) is 45.0 Å². The van der Waals surface area contributed by atoms with Crippen LogP contribution in [0.4, 0.5) is 0 Å². The molecule has 0 aromatic carbocycles. The molecule has 1 saturated heterocycles. The number of rotatable bonds is 2. The van der Waals surface area contributed by atoms with Crippen molar-refractivity contribution in [1.82, 2.24) is 10.2 Å². The first-order valence-corrected chi connectivity index (χ1v) is 5.41. The quantitative estimate of drug-likeness (QED) is 0.703. The van der Waals surface area contributed by atoms with E-state index in [0.29, 0.717) is 5.54 Å². The average Bonchev–Trinajstić information content (AvgIpc) is 2.01. The van der Waals surface area contributed by atoms with Crippen LogP contribution in [0.25, 0.3) is 0 Å². The van der Waals surface area contributed by atoms with E-state index in [-0.39, 0.29) is 0 Å². The number of nitrogens with zero attached hydrogens (tertiary/aromatic N) is 1. The molecule has 1 fully saturated rings. The second kappa shape index (κ2) is 3.97. The molecule has 0 bridgehead atoms. The lowest BCUT2D eigenvalue weighted by Crippen LogP contribution is -2.61. The first kappa shape index (κ1) is 11.0. The number of hydrogen-bond donors (Lipinski definition) is 1. The topological polar surface area (TPSA) is 15.3 Å². The van der Waals surface area contributed by atoms with Gasteiger partial charge in [0.1, 0.15) is 0 Å². The van der Waals surface area contributed by atoms with Gasteiger partial charge < -0.3 is 10.2 Å². The first-order chi connectivity index (χ1) is 5.96. The molecule has 13 heavy (non-hydrogen) atoms. The third kappa shape index (κ3) is 2.68. The van der Waals surface area contributed by atoms with Gasteiger partial charge in [-0.1, -0.05) is 20.3 Å². The molecule has 2 heteroatoms. The smallest absolute Gasteiger partial charge is 0.0252 e. The SMILES string of the molecule is CCC(C)C1CNC(C)(C)CN1C. The molecule has 1 N–H and O–H groups in total. The average molecular weight is 184 g/mol. The predicted molar refractivity (Wildman–Crippen MR) is 58.0 cm³/mol. The molecule has 0 aliphatic carbocycles. The Hall–Kier alpha value is -0.0800. The summed E-state index contributed by atoms with van der Waals surface area (Å²) >= 11 is 0. The third-order valence-corrected chi connectivity index (χ3v) is 3.30. The van der Waals surface area contributed by atoms with Gasteiger partial charge in [-0.2, -0.15) is 0 Å². The zero-order chi connectivity index (χ0) is 10.1. The van der Waals surface area contributed by atoms with Gasteiger partial charge in [0.25, 0.3) is 0 Å². The monoisotopic (exact) mass is 184 g/mol. The van der Waals surface area contributed by atoms with Gasteiger partial charge in [-0.25, -0.2) is 0 Å². The molecule has 0 spiro atoms. The molecule has 1 rings (SSSR count). The van der Waals surface area contributed by atoms with E-state index in [1.54, 1.807) is 0 Å². The Balaban J connectivity index is 2.53. The van der Waals surface area contributed by atoms with Gasteiger partial charge in [0.05, 0.1) is 0 Å². The largest absolute Gasteiger partial charge is 0.309 e. The Morgan fingerprint density at radius 2 is 2.15 bits per heavy atom. The van der Waals surface area contributed by atoms with Crippen molar-refractivity contribution >= 4 is 0 Å². The maximum Gasteiger partial charge on any atom is 0.0252 e. The van der Waals surface area contributed by atoms with Crippen molar-refractivity contribution in [2.45, 2.75) is 45.7 Å². The highest BCUT2D eigenvalue weighted by Crippen LogP contribution is 2.20. The molecule has 0 aromatic heterocycles. The summed E-state index contributed by atoms with van der Waals surface area (Å²) in [4.78, 5) is 2.50.